The Morgan fingerprint density at radius 3 is 3.08 bits per heavy atom. The number of hydrogen-bond acceptors (Lipinski definition) is 4. The molecule has 0 unspecified atom stereocenters. The van der Waals surface area contributed by atoms with Gasteiger partial charge in [0.15, 0.2) is 5.16 Å². The highest BCUT2D eigenvalue weighted by Gasteiger charge is 1.96. The number of aromatic nitrogens is 2. The molecule has 1 heterocycles. The van der Waals surface area contributed by atoms with Gasteiger partial charge < -0.3 is 9.30 Å². The first-order chi connectivity index (χ1) is 6.24. The van der Waals surface area contributed by atoms with Crippen LogP contribution in [0.2, 0.25) is 0 Å². The Morgan fingerprint density at radius 1 is 1.77 bits per heavy atom. The standard InChI is InChI=1S/C8H10N2O2S/c1-10-5-4-9-8(10)13-6-3-7(11)12-2/h3-6H,1-2H3/b6-3+. The zero-order valence-corrected chi connectivity index (χ0v) is 8.25. The number of carbonyl (C=O) groups is 1. The number of methoxy groups -OCH3 is 1. The molecule has 4 nitrogen and oxygen atoms in total. The number of carbonyl (C=O) groups excluding carboxylic acids is 1. The number of rotatable bonds is 3. The molecule has 0 fully saturated rings. The molecule has 0 aromatic carbocycles. The second kappa shape index (κ2) is 4.71. The minimum atomic E-state index is -0.360. The van der Waals surface area contributed by atoms with Gasteiger partial charge in [0.2, 0.25) is 0 Å². The summed E-state index contributed by atoms with van der Waals surface area (Å²) in [5.74, 6) is -0.360. The molecule has 0 aliphatic heterocycles. The van der Waals surface area contributed by atoms with Crippen LogP contribution >= 0.6 is 11.8 Å². The van der Waals surface area contributed by atoms with Gasteiger partial charge in [0.1, 0.15) is 0 Å². The maximum Gasteiger partial charge on any atom is 0.330 e. The van der Waals surface area contributed by atoms with Crippen LogP contribution in [0.3, 0.4) is 0 Å². The summed E-state index contributed by atoms with van der Waals surface area (Å²) in [6.07, 6.45) is 4.90. The highest BCUT2D eigenvalue weighted by Crippen LogP contribution is 2.15. The molecule has 0 aliphatic rings. The van der Waals surface area contributed by atoms with Crippen molar-refractivity contribution in [1.29, 1.82) is 0 Å². The van der Waals surface area contributed by atoms with Crippen molar-refractivity contribution >= 4 is 17.7 Å². The Labute approximate surface area is 80.6 Å². The molecule has 0 saturated heterocycles. The second-order valence-electron chi connectivity index (χ2n) is 2.26. The van der Waals surface area contributed by atoms with Gasteiger partial charge in [-0.3, -0.25) is 0 Å². The smallest absolute Gasteiger partial charge is 0.330 e. The van der Waals surface area contributed by atoms with Gasteiger partial charge in [0, 0.05) is 25.5 Å². The van der Waals surface area contributed by atoms with Crippen LogP contribution in [0, 0.1) is 0 Å². The number of hydrogen-bond donors (Lipinski definition) is 0. The summed E-state index contributed by atoms with van der Waals surface area (Å²) >= 11 is 1.37. The first-order valence-electron chi connectivity index (χ1n) is 3.62. The zero-order valence-electron chi connectivity index (χ0n) is 7.43. The predicted octanol–water partition coefficient (Wildman–Crippen LogP) is 1.20. The minimum Gasteiger partial charge on any atom is -0.466 e. The van der Waals surface area contributed by atoms with Crippen molar-refractivity contribution in [3.63, 3.8) is 0 Å². The van der Waals surface area contributed by atoms with E-state index in [1.165, 1.54) is 24.9 Å². The SMILES string of the molecule is COC(=O)/C=C/Sc1nccn1C. The van der Waals surface area contributed by atoms with E-state index in [0.717, 1.165) is 5.16 Å². The summed E-state index contributed by atoms with van der Waals surface area (Å²) in [5, 5.41) is 2.48. The molecule has 0 radical (unpaired) electrons. The van der Waals surface area contributed by atoms with Gasteiger partial charge in [-0.25, -0.2) is 9.78 Å². The molecule has 0 N–H and O–H groups in total. The maximum absolute atomic E-state index is 10.7. The lowest BCUT2D eigenvalue weighted by molar-refractivity contribution is -0.134. The predicted molar refractivity (Wildman–Crippen MR) is 50.2 cm³/mol. The van der Waals surface area contributed by atoms with Crippen LogP contribution in [0.15, 0.2) is 29.0 Å². The Morgan fingerprint density at radius 2 is 2.54 bits per heavy atom. The van der Waals surface area contributed by atoms with Crippen molar-refractivity contribution in [1.82, 2.24) is 9.55 Å². The highest BCUT2D eigenvalue weighted by atomic mass is 32.2. The number of ether oxygens (including phenoxy) is 1. The van der Waals surface area contributed by atoms with Gasteiger partial charge in [0.05, 0.1) is 7.11 Å². The maximum atomic E-state index is 10.7. The van der Waals surface area contributed by atoms with Crippen molar-refractivity contribution in [3.8, 4) is 0 Å². The first-order valence-corrected chi connectivity index (χ1v) is 4.50. The van der Waals surface area contributed by atoms with Crippen LogP contribution in [0.5, 0.6) is 0 Å². The van der Waals surface area contributed by atoms with Crippen molar-refractivity contribution < 1.29 is 9.53 Å². The molecule has 1 aromatic rings. The molecule has 1 rings (SSSR count). The average Bonchev–Trinajstić information content (AvgIpc) is 2.52. The third kappa shape index (κ3) is 2.95. The molecule has 13 heavy (non-hydrogen) atoms. The fourth-order valence-corrected chi connectivity index (χ4v) is 1.33. The summed E-state index contributed by atoms with van der Waals surface area (Å²) in [6.45, 7) is 0. The van der Waals surface area contributed by atoms with E-state index in [9.17, 15) is 4.79 Å². The van der Waals surface area contributed by atoms with E-state index in [2.05, 4.69) is 9.72 Å². The van der Waals surface area contributed by atoms with E-state index in [1.54, 1.807) is 11.6 Å². The van der Waals surface area contributed by atoms with E-state index in [1.807, 2.05) is 17.8 Å². The van der Waals surface area contributed by atoms with Gasteiger partial charge >= 0.3 is 5.97 Å². The number of imidazole rings is 1. The van der Waals surface area contributed by atoms with Crippen molar-refractivity contribution in [3.05, 3.63) is 23.9 Å². The number of nitrogens with zero attached hydrogens (tertiary/aromatic N) is 2. The quantitative estimate of drug-likeness (QED) is 0.416. The third-order valence-corrected chi connectivity index (χ3v) is 2.23. The summed E-state index contributed by atoms with van der Waals surface area (Å²) in [5.41, 5.74) is 0. The molecular weight excluding hydrogens is 188 g/mol. The summed E-state index contributed by atoms with van der Waals surface area (Å²) in [4.78, 5) is 14.7. The number of esters is 1. The fourth-order valence-electron chi connectivity index (χ4n) is 0.684. The van der Waals surface area contributed by atoms with Crippen LogP contribution in [0.4, 0.5) is 0 Å². The van der Waals surface area contributed by atoms with Crippen molar-refractivity contribution in [2.24, 2.45) is 7.05 Å². The number of aryl methyl sites for hydroxylation is 1. The molecule has 0 amide bonds. The van der Waals surface area contributed by atoms with E-state index in [4.69, 9.17) is 0 Å². The Bertz CT molecular complexity index is 320. The third-order valence-electron chi connectivity index (χ3n) is 1.36. The monoisotopic (exact) mass is 198 g/mol. The average molecular weight is 198 g/mol. The lowest BCUT2D eigenvalue weighted by atomic mass is 10.7. The molecule has 1 aromatic heterocycles. The van der Waals surface area contributed by atoms with Crippen molar-refractivity contribution in [2.75, 3.05) is 7.11 Å². The van der Waals surface area contributed by atoms with Crippen LogP contribution in [0.1, 0.15) is 0 Å². The molecule has 0 saturated carbocycles. The van der Waals surface area contributed by atoms with Gasteiger partial charge in [-0.15, -0.1) is 0 Å². The molecule has 5 heteroatoms. The van der Waals surface area contributed by atoms with E-state index >= 15 is 0 Å². The first kappa shape index (κ1) is 9.85. The molecule has 70 valence electrons. The van der Waals surface area contributed by atoms with E-state index < -0.39 is 0 Å². The van der Waals surface area contributed by atoms with Crippen LogP contribution in [-0.2, 0) is 16.6 Å². The molecule has 0 atom stereocenters. The number of thioether (sulfide) groups is 1. The molecule has 0 aliphatic carbocycles. The second-order valence-corrected chi connectivity index (χ2v) is 3.14. The van der Waals surface area contributed by atoms with Gasteiger partial charge in [-0.1, -0.05) is 11.8 Å². The fraction of sp³-hybridized carbons (Fsp3) is 0.250. The van der Waals surface area contributed by atoms with Gasteiger partial charge in [0.25, 0.3) is 0 Å². The summed E-state index contributed by atoms with van der Waals surface area (Å²) in [7, 11) is 3.24. The lowest BCUT2D eigenvalue weighted by Crippen LogP contribution is -1.93. The Hall–Kier alpha value is -1.23. The molecule has 0 spiro atoms. The molecule has 0 bridgehead atoms. The van der Waals surface area contributed by atoms with E-state index in [0.29, 0.717) is 0 Å². The van der Waals surface area contributed by atoms with Gasteiger partial charge in [-0.05, 0) is 5.41 Å². The summed E-state index contributed by atoms with van der Waals surface area (Å²) in [6, 6.07) is 0. The topological polar surface area (TPSA) is 44.1 Å². The minimum absolute atomic E-state index is 0.360. The van der Waals surface area contributed by atoms with E-state index in [-0.39, 0.29) is 5.97 Å². The molecular formula is C8H10N2O2S. The lowest BCUT2D eigenvalue weighted by Gasteiger charge is -1.94. The van der Waals surface area contributed by atoms with Crippen LogP contribution in [0.25, 0.3) is 0 Å². The largest absolute Gasteiger partial charge is 0.466 e. The highest BCUT2D eigenvalue weighted by molar-refractivity contribution is 8.02. The summed E-state index contributed by atoms with van der Waals surface area (Å²) < 4.78 is 6.30. The van der Waals surface area contributed by atoms with Gasteiger partial charge in [-0.2, -0.15) is 0 Å². The Balaban J connectivity index is 2.48. The van der Waals surface area contributed by atoms with Crippen molar-refractivity contribution in [2.45, 2.75) is 5.16 Å². The Kier molecular flexibility index (Phi) is 3.57. The zero-order chi connectivity index (χ0) is 9.68. The van der Waals surface area contributed by atoms with Crippen LogP contribution in [-0.4, -0.2) is 22.6 Å². The normalized spacial score (nSPS) is 10.6. The van der Waals surface area contributed by atoms with Crippen LogP contribution < -0.4 is 0 Å².